The molecule has 0 amide bonds. The van der Waals surface area contributed by atoms with Gasteiger partial charge in [0.25, 0.3) is 0 Å². The Morgan fingerprint density at radius 1 is 0.811 bits per heavy atom. The molecule has 0 spiro atoms. The molecule has 2 aliphatic carbocycles. The minimum atomic E-state index is -1.85. The summed E-state index contributed by atoms with van der Waals surface area (Å²) in [4.78, 5) is 4.74. The molecule has 21 unspecified atom stereocenters. The van der Waals surface area contributed by atoms with E-state index in [1.54, 1.807) is 0 Å². The van der Waals surface area contributed by atoms with Crippen LogP contribution in [0.15, 0.2) is 4.99 Å². The molecule has 2 saturated carbocycles. The second-order valence-corrected chi connectivity index (χ2v) is 15.9. The van der Waals surface area contributed by atoms with Gasteiger partial charge in [0.15, 0.2) is 24.7 Å². The van der Waals surface area contributed by atoms with Gasteiger partial charge in [-0.3, -0.25) is 4.99 Å². The Bertz CT molecular complexity index is 1230. The Balaban J connectivity index is 1.26. The van der Waals surface area contributed by atoms with E-state index in [0.717, 1.165) is 25.0 Å². The number of rotatable bonds is 15. The van der Waals surface area contributed by atoms with Gasteiger partial charge in [-0.1, -0.05) is 27.2 Å². The lowest BCUT2D eigenvalue weighted by Gasteiger charge is -2.51. The lowest BCUT2D eigenvalue weighted by molar-refractivity contribution is -0.351. The number of nitrogens with two attached hydrogens (primary N) is 5. The molecule has 5 aliphatic rings. The van der Waals surface area contributed by atoms with Crippen LogP contribution in [0.4, 0.5) is 0 Å². The highest BCUT2D eigenvalue weighted by atomic mass is 16.8. The maximum atomic E-state index is 11.6. The van der Waals surface area contributed by atoms with E-state index in [4.69, 9.17) is 62.1 Å². The van der Waals surface area contributed by atoms with Crippen LogP contribution in [0.2, 0.25) is 0 Å². The van der Waals surface area contributed by atoms with Gasteiger partial charge in [0.2, 0.25) is 0 Å². The normalized spacial score (nSPS) is 49.6. The van der Waals surface area contributed by atoms with E-state index in [-0.39, 0.29) is 25.4 Å². The number of nitrogens with zero attached hydrogens (tertiary/aromatic N) is 1. The fourth-order valence-electron chi connectivity index (χ4n) is 8.59. The minimum Gasteiger partial charge on any atom is -0.394 e. The summed E-state index contributed by atoms with van der Waals surface area (Å²) in [6, 6.07) is -3.97. The number of ether oxygens (including phenoxy) is 6. The molecule has 0 radical (unpaired) electrons. The average molecular weight is 765 g/mol. The van der Waals surface area contributed by atoms with Crippen molar-refractivity contribution in [3.63, 3.8) is 0 Å². The first-order valence-corrected chi connectivity index (χ1v) is 18.9. The van der Waals surface area contributed by atoms with Gasteiger partial charge in [-0.25, -0.2) is 0 Å². The van der Waals surface area contributed by atoms with Crippen molar-refractivity contribution >= 4 is 5.71 Å². The molecule has 308 valence electrons. The van der Waals surface area contributed by atoms with E-state index in [1.165, 1.54) is 0 Å². The first kappa shape index (κ1) is 43.1. The molecule has 0 aromatic heterocycles. The zero-order valence-electron chi connectivity index (χ0n) is 31.0. The van der Waals surface area contributed by atoms with Crippen molar-refractivity contribution in [2.75, 3.05) is 19.7 Å². The van der Waals surface area contributed by atoms with E-state index in [2.05, 4.69) is 20.8 Å². The molecule has 3 saturated heterocycles. The van der Waals surface area contributed by atoms with Gasteiger partial charge in [-0.2, -0.15) is 0 Å². The number of fused-ring (bicyclic) bond motifs is 1. The zero-order valence-corrected chi connectivity index (χ0v) is 31.0. The highest BCUT2D eigenvalue weighted by molar-refractivity contribution is 5.84. The lowest BCUT2D eigenvalue weighted by atomic mass is 9.64. The van der Waals surface area contributed by atoms with Crippen LogP contribution in [0, 0.1) is 23.7 Å². The molecular weight excluding hydrogens is 700 g/mol. The third-order valence-corrected chi connectivity index (χ3v) is 11.7. The van der Waals surface area contributed by atoms with Crippen molar-refractivity contribution < 1.29 is 64.2 Å². The Morgan fingerprint density at radius 3 is 2.08 bits per heavy atom. The topological polar surface area (TPSA) is 339 Å². The van der Waals surface area contributed by atoms with Crippen LogP contribution in [-0.2, 0) is 28.4 Å². The molecule has 21 atom stereocenters. The maximum Gasteiger partial charge on any atom is 0.187 e. The SMILES string of the molecule is CCCC(CC(C)C)C(C)=NCC1C(O)C2C(N)C(OC3C(CO)OC(OC4C(O)C(N)CC(N)C4OC4OC(CN)C(O)C(O)C4N)C3O)OC12O. The lowest BCUT2D eigenvalue weighted by Crippen LogP contribution is -2.68. The van der Waals surface area contributed by atoms with Crippen LogP contribution >= 0.6 is 0 Å². The average Bonchev–Trinajstić information content (AvgIpc) is 3.52. The molecule has 5 rings (SSSR count). The van der Waals surface area contributed by atoms with Gasteiger partial charge in [-0.15, -0.1) is 0 Å². The summed E-state index contributed by atoms with van der Waals surface area (Å²) < 4.78 is 35.7. The number of aliphatic hydroxyl groups is 7. The Morgan fingerprint density at radius 2 is 1.45 bits per heavy atom. The van der Waals surface area contributed by atoms with Crippen molar-refractivity contribution in [2.24, 2.45) is 57.3 Å². The van der Waals surface area contributed by atoms with Gasteiger partial charge in [0.1, 0.15) is 48.8 Å². The van der Waals surface area contributed by atoms with Gasteiger partial charge < -0.3 is 92.8 Å². The second-order valence-electron chi connectivity index (χ2n) is 15.9. The number of aliphatic imine (C=N–C) groups is 1. The summed E-state index contributed by atoms with van der Waals surface area (Å²) >= 11 is 0. The predicted octanol–water partition coefficient (Wildman–Crippen LogP) is -4.73. The van der Waals surface area contributed by atoms with E-state index in [0.29, 0.717) is 5.92 Å². The molecule has 0 bridgehead atoms. The molecule has 3 aliphatic heterocycles. The summed E-state index contributed by atoms with van der Waals surface area (Å²) in [5.74, 6) is -2.76. The van der Waals surface area contributed by atoms with Gasteiger partial charge in [0, 0.05) is 30.9 Å². The van der Waals surface area contributed by atoms with Crippen molar-refractivity contribution in [3.05, 3.63) is 0 Å². The fraction of sp³-hybridized carbons (Fsp3) is 0.971. The van der Waals surface area contributed by atoms with E-state index in [9.17, 15) is 35.7 Å². The Labute approximate surface area is 310 Å². The molecule has 17 N–H and O–H groups in total. The monoisotopic (exact) mass is 764 g/mol. The predicted molar refractivity (Wildman–Crippen MR) is 187 cm³/mol. The van der Waals surface area contributed by atoms with Crippen LogP contribution in [0.1, 0.15) is 53.4 Å². The van der Waals surface area contributed by atoms with Crippen molar-refractivity contribution in [2.45, 2.75) is 163 Å². The summed E-state index contributed by atoms with van der Waals surface area (Å²) in [7, 11) is 0. The molecule has 0 aromatic rings. The van der Waals surface area contributed by atoms with Crippen molar-refractivity contribution in [3.8, 4) is 0 Å². The third kappa shape index (κ3) is 8.48. The van der Waals surface area contributed by atoms with E-state index < -0.39 is 128 Å². The first-order valence-electron chi connectivity index (χ1n) is 18.9. The quantitative estimate of drug-likeness (QED) is 0.0697. The standard InChI is InChI=1S/C34H64N6O13/c1-5-6-14(7-12(2)3)13(4)40-10-15-23(42)20-21(38)32(53-34(15,20)47)51-29-19(11-41)49-33(27(29)46)52-30-24(43)16(36)8-17(37)28(30)50-31-22(39)26(45)25(44)18(9-35)48-31/h12,14-33,41-47H,5-11,35-39H2,1-4H3. The molecule has 53 heavy (non-hydrogen) atoms. The van der Waals surface area contributed by atoms with Crippen LogP contribution in [0.5, 0.6) is 0 Å². The molecule has 19 nitrogen and oxygen atoms in total. The summed E-state index contributed by atoms with van der Waals surface area (Å²) in [5, 5.41) is 76.2. The van der Waals surface area contributed by atoms with Gasteiger partial charge >= 0.3 is 0 Å². The minimum absolute atomic E-state index is 0.0915. The van der Waals surface area contributed by atoms with Gasteiger partial charge in [-0.05, 0) is 38.0 Å². The summed E-state index contributed by atoms with van der Waals surface area (Å²) in [5.41, 5.74) is 31.8. The molecule has 5 fully saturated rings. The first-order chi connectivity index (χ1) is 25.0. The molecule has 0 aromatic carbocycles. The van der Waals surface area contributed by atoms with E-state index in [1.807, 2.05) is 6.92 Å². The van der Waals surface area contributed by atoms with Crippen molar-refractivity contribution in [1.29, 1.82) is 0 Å². The van der Waals surface area contributed by atoms with Crippen LogP contribution in [0.3, 0.4) is 0 Å². The number of hydrogen-bond donors (Lipinski definition) is 12. The number of hydrogen-bond acceptors (Lipinski definition) is 19. The highest BCUT2D eigenvalue weighted by Gasteiger charge is 2.71. The van der Waals surface area contributed by atoms with Crippen LogP contribution in [0.25, 0.3) is 0 Å². The fourth-order valence-corrected chi connectivity index (χ4v) is 8.59. The van der Waals surface area contributed by atoms with Crippen molar-refractivity contribution in [1.82, 2.24) is 0 Å². The Hall–Kier alpha value is -1.05. The second kappa shape index (κ2) is 17.6. The third-order valence-electron chi connectivity index (χ3n) is 11.7. The highest BCUT2D eigenvalue weighted by Crippen LogP contribution is 2.53. The molecular formula is C34H64N6O13. The maximum absolute atomic E-state index is 11.6. The van der Waals surface area contributed by atoms with Crippen LogP contribution in [-0.4, -0.2) is 171 Å². The Kier molecular flexibility index (Phi) is 14.3. The largest absolute Gasteiger partial charge is 0.394 e. The smallest absolute Gasteiger partial charge is 0.187 e. The molecule has 19 heteroatoms. The summed E-state index contributed by atoms with van der Waals surface area (Å²) in [6.07, 6.45) is -14.0. The van der Waals surface area contributed by atoms with Crippen LogP contribution < -0.4 is 28.7 Å². The zero-order chi connectivity index (χ0) is 39.1. The van der Waals surface area contributed by atoms with Gasteiger partial charge in [0.05, 0.1) is 42.7 Å². The number of aliphatic hydroxyl groups excluding tert-OH is 6. The summed E-state index contributed by atoms with van der Waals surface area (Å²) in [6.45, 7) is 7.73. The molecule has 3 heterocycles. The van der Waals surface area contributed by atoms with E-state index >= 15 is 0 Å².